The molecule has 0 aliphatic heterocycles. The van der Waals surface area contributed by atoms with Gasteiger partial charge in [0.15, 0.2) is 5.82 Å². The van der Waals surface area contributed by atoms with Crippen LogP contribution in [-0.4, -0.2) is 14.5 Å². The van der Waals surface area contributed by atoms with E-state index >= 15 is 0 Å². The fourth-order valence-electron chi connectivity index (χ4n) is 1.71. The average molecular weight is 372 g/mol. The van der Waals surface area contributed by atoms with Gasteiger partial charge in [-0.25, -0.2) is 17.5 Å². The van der Waals surface area contributed by atoms with Gasteiger partial charge in [-0.2, -0.15) is 0 Å². The van der Waals surface area contributed by atoms with Gasteiger partial charge in [-0.3, -0.25) is 0 Å². The zero-order valence-corrected chi connectivity index (χ0v) is 13.5. The molecule has 1 atom stereocenters. The van der Waals surface area contributed by atoms with Crippen LogP contribution in [-0.2, 0) is 10.0 Å². The van der Waals surface area contributed by atoms with E-state index in [2.05, 4.69) is 20.7 Å². The van der Waals surface area contributed by atoms with E-state index in [1.165, 1.54) is 0 Å². The van der Waals surface area contributed by atoms with Gasteiger partial charge in [-0.05, 0) is 33.8 Å². The second-order valence-electron chi connectivity index (χ2n) is 5.26. The number of halogens is 3. The fraction of sp³-hybridized carbons (Fsp3) is 0.455. The summed E-state index contributed by atoms with van der Waals surface area (Å²) in [5.41, 5.74) is 5.06. The van der Waals surface area contributed by atoms with Crippen LogP contribution in [0.1, 0.15) is 20.3 Å². The predicted molar refractivity (Wildman–Crippen MR) is 76.0 cm³/mol. The van der Waals surface area contributed by atoms with Crippen molar-refractivity contribution in [3.05, 3.63) is 21.4 Å². The van der Waals surface area contributed by atoms with E-state index in [-0.39, 0.29) is 26.6 Å². The molecule has 1 unspecified atom stereocenters. The summed E-state index contributed by atoms with van der Waals surface area (Å²) in [5.74, 6) is -0.998. The van der Waals surface area contributed by atoms with Crippen molar-refractivity contribution in [3.8, 4) is 0 Å². The van der Waals surface area contributed by atoms with Crippen molar-refractivity contribution in [2.75, 3.05) is 5.73 Å². The predicted octanol–water partition coefficient (Wildman–Crippen LogP) is 2.90. The van der Waals surface area contributed by atoms with Gasteiger partial charge >= 0.3 is 0 Å². The highest BCUT2D eigenvalue weighted by Crippen LogP contribution is 2.45. The van der Waals surface area contributed by atoms with Crippen molar-refractivity contribution in [1.29, 1.82) is 0 Å². The van der Waals surface area contributed by atoms with Gasteiger partial charge in [0.2, 0.25) is 10.0 Å². The van der Waals surface area contributed by atoms with Crippen LogP contribution in [0.4, 0.5) is 10.1 Å². The molecule has 1 saturated carbocycles. The molecule has 1 aromatic carbocycles. The smallest absolute Gasteiger partial charge is 0.243 e. The highest BCUT2D eigenvalue weighted by atomic mass is 79.9. The molecule has 0 spiro atoms. The summed E-state index contributed by atoms with van der Waals surface area (Å²) in [6.45, 7) is 3.86. The zero-order chi connectivity index (χ0) is 14.6. The summed E-state index contributed by atoms with van der Waals surface area (Å²) < 4.78 is 40.8. The summed E-state index contributed by atoms with van der Waals surface area (Å²) in [4.78, 5) is -0.527. The van der Waals surface area contributed by atoms with E-state index in [1.54, 1.807) is 0 Å². The van der Waals surface area contributed by atoms with Gasteiger partial charge in [-0.15, -0.1) is 0 Å². The van der Waals surface area contributed by atoms with Gasteiger partial charge in [0.25, 0.3) is 0 Å². The third-order valence-electron chi connectivity index (χ3n) is 3.26. The van der Waals surface area contributed by atoms with Crippen LogP contribution < -0.4 is 10.5 Å². The average Bonchev–Trinajstić information content (AvgIpc) is 2.87. The van der Waals surface area contributed by atoms with Crippen molar-refractivity contribution in [2.45, 2.75) is 31.2 Å². The number of benzene rings is 1. The van der Waals surface area contributed by atoms with E-state index in [1.807, 2.05) is 13.8 Å². The molecule has 1 aliphatic rings. The third-order valence-corrected chi connectivity index (χ3v) is 6.11. The Morgan fingerprint density at radius 1 is 1.58 bits per heavy atom. The lowest BCUT2D eigenvalue weighted by molar-refractivity contribution is 0.541. The molecule has 0 saturated heterocycles. The standard InChI is InChI=1S/C11H13BrClFN2O2S/c1-11(2)4-7(11)16-19(17,18)6-3-5(13)8(12)10(15)9(6)14/h3,7,16H,4,15H2,1-2H3. The minimum Gasteiger partial charge on any atom is -0.395 e. The van der Waals surface area contributed by atoms with Crippen LogP contribution >= 0.6 is 27.5 Å². The van der Waals surface area contributed by atoms with E-state index in [4.69, 9.17) is 17.3 Å². The normalized spacial score (nSPS) is 21.4. The molecule has 0 heterocycles. The second kappa shape index (κ2) is 4.58. The van der Waals surface area contributed by atoms with Crippen molar-refractivity contribution >= 4 is 43.2 Å². The Labute approximate surface area is 124 Å². The molecule has 1 aliphatic carbocycles. The summed E-state index contributed by atoms with van der Waals surface area (Å²) >= 11 is 8.82. The Kier molecular flexibility index (Phi) is 3.62. The Balaban J connectivity index is 2.42. The van der Waals surface area contributed by atoms with Crippen molar-refractivity contribution in [2.24, 2.45) is 5.41 Å². The molecule has 8 heteroatoms. The largest absolute Gasteiger partial charge is 0.395 e. The van der Waals surface area contributed by atoms with Crippen LogP contribution in [0.25, 0.3) is 0 Å². The minimum atomic E-state index is -3.97. The van der Waals surface area contributed by atoms with Crippen molar-refractivity contribution < 1.29 is 12.8 Å². The molecule has 1 aromatic rings. The maximum atomic E-state index is 14.0. The Morgan fingerprint density at radius 3 is 2.58 bits per heavy atom. The van der Waals surface area contributed by atoms with Gasteiger partial charge in [0.05, 0.1) is 15.2 Å². The van der Waals surface area contributed by atoms with Crippen molar-refractivity contribution in [3.63, 3.8) is 0 Å². The Bertz CT molecular complexity index is 649. The van der Waals surface area contributed by atoms with Crippen molar-refractivity contribution in [1.82, 2.24) is 4.72 Å². The summed E-state index contributed by atoms with van der Waals surface area (Å²) in [5, 5.41) is 0.0503. The van der Waals surface area contributed by atoms with Crippen LogP contribution in [0.5, 0.6) is 0 Å². The van der Waals surface area contributed by atoms with Gasteiger partial charge in [-0.1, -0.05) is 25.4 Å². The molecule has 19 heavy (non-hydrogen) atoms. The summed E-state index contributed by atoms with van der Waals surface area (Å²) in [7, 11) is -3.97. The molecule has 0 amide bonds. The number of sulfonamides is 1. The molecular formula is C11H13BrClFN2O2S. The number of nitrogens with two attached hydrogens (primary N) is 1. The molecule has 2 rings (SSSR count). The number of hydrogen-bond acceptors (Lipinski definition) is 3. The van der Waals surface area contributed by atoms with E-state index < -0.39 is 20.7 Å². The summed E-state index contributed by atoms with van der Waals surface area (Å²) in [6, 6.07) is 0.857. The number of hydrogen-bond donors (Lipinski definition) is 2. The molecule has 1 fully saturated rings. The van der Waals surface area contributed by atoms with Crippen LogP contribution in [0, 0.1) is 11.2 Å². The second-order valence-corrected chi connectivity index (χ2v) is 8.15. The van der Waals surface area contributed by atoms with Gasteiger partial charge < -0.3 is 5.73 Å². The van der Waals surface area contributed by atoms with E-state index in [0.717, 1.165) is 6.07 Å². The monoisotopic (exact) mass is 370 g/mol. The van der Waals surface area contributed by atoms with Crippen LogP contribution in [0.3, 0.4) is 0 Å². The van der Waals surface area contributed by atoms with Gasteiger partial charge in [0, 0.05) is 6.04 Å². The number of nitrogens with one attached hydrogen (secondary N) is 1. The number of anilines is 1. The van der Waals surface area contributed by atoms with E-state index in [9.17, 15) is 12.8 Å². The molecule has 106 valence electrons. The molecule has 0 bridgehead atoms. The third kappa shape index (κ3) is 2.74. The highest BCUT2D eigenvalue weighted by Gasteiger charge is 2.48. The lowest BCUT2D eigenvalue weighted by atomic mass is 10.2. The SMILES string of the molecule is CC1(C)CC1NS(=O)(=O)c1cc(Cl)c(Br)c(N)c1F. The highest BCUT2D eigenvalue weighted by molar-refractivity contribution is 9.10. The molecular weight excluding hydrogens is 359 g/mol. The minimum absolute atomic E-state index is 0.0503. The first-order chi connectivity index (χ1) is 8.56. The van der Waals surface area contributed by atoms with Crippen LogP contribution in [0.15, 0.2) is 15.4 Å². The summed E-state index contributed by atoms with van der Waals surface area (Å²) in [6.07, 6.45) is 0.716. The van der Waals surface area contributed by atoms with E-state index in [0.29, 0.717) is 6.42 Å². The Morgan fingerprint density at radius 2 is 2.11 bits per heavy atom. The number of nitrogen functional groups attached to an aromatic ring is 1. The number of rotatable bonds is 3. The zero-order valence-electron chi connectivity index (χ0n) is 10.3. The first kappa shape index (κ1) is 15.0. The van der Waals surface area contributed by atoms with Gasteiger partial charge in [0.1, 0.15) is 4.90 Å². The molecule has 0 radical (unpaired) electrons. The fourth-order valence-corrected chi connectivity index (χ4v) is 3.80. The maximum Gasteiger partial charge on any atom is 0.243 e. The molecule has 0 aromatic heterocycles. The lowest BCUT2D eigenvalue weighted by Crippen LogP contribution is -2.29. The first-order valence-corrected chi connectivity index (χ1v) is 8.17. The maximum absolute atomic E-state index is 14.0. The Hall–Kier alpha value is -0.370. The van der Waals surface area contributed by atoms with Crippen LogP contribution in [0.2, 0.25) is 5.02 Å². The quantitative estimate of drug-likeness (QED) is 0.634. The molecule has 3 N–H and O–H groups in total. The lowest BCUT2D eigenvalue weighted by Gasteiger charge is -2.12. The topological polar surface area (TPSA) is 72.2 Å². The first-order valence-electron chi connectivity index (χ1n) is 5.51. The molecule has 4 nitrogen and oxygen atoms in total.